The average molecular weight is 610 g/mol. The van der Waals surface area contributed by atoms with Crippen molar-refractivity contribution in [1.82, 2.24) is 14.6 Å². The van der Waals surface area contributed by atoms with Crippen LogP contribution in [0.1, 0.15) is 64.4 Å². The van der Waals surface area contributed by atoms with E-state index in [1.165, 1.54) is 4.90 Å². The van der Waals surface area contributed by atoms with Gasteiger partial charge in [0, 0.05) is 43.2 Å². The number of rotatable bonds is 13. The number of nitrogens with zero attached hydrogens (tertiary/aromatic N) is 2. The smallest absolute Gasteiger partial charge is 0.240 e. The number of ether oxygens (including phenoxy) is 1. The number of allylic oxidation sites excluding steroid dienone is 1. The van der Waals surface area contributed by atoms with Gasteiger partial charge in [-0.2, -0.15) is 0 Å². The summed E-state index contributed by atoms with van der Waals surface area (Å²) in [7, 11) is -3.80. The van der Waals surface area contributed by atoms with Crippen molar-refractivity contribution in [2.24, 2.45) is 17.3 Å². The molecule has 1 aliphatic heterocycles. The molecule has 5 atom stereocenters. The first-order valence-corrected chi connectivity index (χ1v) is 16.5. The lowest BCUT2D eigenvalue weighted by Gasteiger charge is -2.27. The van der Waals surface area contributed by atoms with E-state index >= 15 is 0 Å². The lowest BCUT2D eigenvalue weighted by Crippen LogP contribution is -2.46. The van der Waals surface area contributed by atoms with E-state index in [1.54, 1.807) is 26.1 Å². The first kappa shape index (κ1) is 30.8. The number of carbonyl (C=O) groups is 4. The molecule has 3 aliphatic rings. The van der Waals surface area contributed by atoms with Crippen LogP contribution in [0.4, 0.5) is 0 Å². The topological polar surface area (TPSA) is 140 Å². The molecule has 2 heterocycles. The van der Waals surface area contributed by atoms with Crippen LogP contribution >= 0.6 is 0 Å². The highest BCUT2D eigenvalue weighted by Gasteiger charge is 2.61. The second kappa shape index (κ2) is 11.8. The minimum absolute atomic E-state index is 0.0507. The number of amides is 2. The third-order valence-electron chi connectivity index (χ3n) is 8.99. The van der Waals surface area contributed by atoms with Gasteiger partial charge in [-0.05, 0) is 49.6 Å². The molecule has 2 saturated carbocycles. The molecule has 1 saturated heterocycles. The van der Waals surface area contributed by atoms with Gasteiger partial charge >= 0.3 is 0 Å². The van der Waals surface area contributed by atoms with Gasteiger partial charge in [0.15, 0.2) is 5.78 Å². The number of Topliss-reactive ketones (excluding diaryl/α,β-unsaturated/α-hetero) is 2. The number of benzene rings is 1. The highest BCUT2D eigenvalue weighted by atomic mass is 32.2. The van der Waals surface area contributed by atoms with Crippen LogP contribution in [0.5, 0.6) is 5.88 Å². The average Bonchev–Trinajstić information content (AvgIpc) is 3.89. The minimum atomic E-state index is -3.80. The van der Waals surface area contributed by atoms with Crippen LogP contribution in [-0.2, 0) is 29.2 Å². The molecule has 2 aromatic rings. The SMILES string of the molecule is C=C[C@@H]1C[C@]1(CC(=O)[C@@H]1C[C@@H](Oc2nccc3cc(C)ccc23)CN1C(=O)[C@@H](C)CC(=O)CC)C(=O)NS(=O)(=O)C1CC1. The van der Waals surface area contributed by atoms with Gasteiger partial charge in [0.2, 0.25) is 27.7 Å². The third-order valence-corrected chi connectivity index (χ3v) is 10.8. The fourth-order valence-corrected chi connectivity index (χ4v) is 7.50. The second-order valence-corrected chi connectivity index (χ2v) is 14.3. The molecule has 0 bridgehead atoms. The van der Waals surface area contributed by atoms with Crippen LogP contribution in [0.25, 0.3) is 10.8 Å². The van der Waals surface area contributed by atoms with Crippen molar-refractivity contribution >= 4 is 44.2 Å². The highest BCUT2D eigenvalue weighted by molar-refractivity contribution is 7.90. The summed E-state index contributed by atoms with van der Waals surface area (Å²) in [6.45, 7) is 9.30. The van der Waals surface area contributed by atoms with Crippen LogP contribution in [-0.4, -0.2) is 65.6 Å². The number of fused-ring (bicyclic) bond motifs is 1. The highest BCUT2D eigenvalue weighted by Crippen LogP contribution is 2.57. The van der Waals surface area contributed by atoms with Crippen LogP contribution in [0.3, 0.4) is 0 Å². The Hall–Kier alpha value is -3.60. The van der Waals surface area contributed by atoms with Gasteiger partial charge < -0.3 is 9.64 Å². The van der Waals surface area contributed by atoms with Gasteiger partial charge in [-0.1, -0.05) is 37.6 Å². The molecule has 10 nitrogen and oxygen atoms in total. The molecular weight excluding hydrogens is 570 g/mol. The number of aryl methyl sites for hydroxylation is 1. The molecule has 2 amide bonds. The molecule has 3 fully saturated rings. The van der Waals surface area contributed by atoms with Crippen molar-refractivity contribution < 1.29 is 32.3 Å². The van der Waals surface area contributed by atoms with Crippen molar-refractivity contribution in [2.45, 2.75) is 83.1 Å². The van der Waals surface area contributed by atoms with Crippen molar-refractivity contribution in [1.29, 1.82) is 0 Å². The first-order chi connectivity index (χ1) is 20.4. The quantitative estimate of drug-likeness (QED) is 0.340. The maximum absolute atomic E-state index is 13.9. The Balaban J connectivity index is 1.38. The number of pyridine rings is 1. The maximum atomic E-state index is 13.9. The van der Waals surface area contributed by atoms with Gasteiger partial charge in [-0.25, -0.2) is 13.4 Å². The molecule has 43 heavy (non-hydrogen) atoms. The van der Waals surface area contributed by atoms with Gasteiger partial charge in [-0.3, -0.25) is 23.9 Å². The number of carbonyl (C=O) groups excluding carboxylic acids is 4. The molecular formula is C32H39N3O7S. The normalized spacial score (nSPS) is 25.7. The monoisotopic (exact) mass is 609 g/mol. The van der Waals surface area contributed by atoms with E-state index in [4.69, 9.17) is 4.74 Å². The zero-order valence-corrected chi connectivity index (χ0v) is 25.7. The molecule has 2 aliphatic carbocycles. The summed E-state index contributed by atoms with van der Waals surface area (Å²) < 4.78 is 33.6. The van der Waals surface area contributed by atoms with Crippen LogP contribution in [0, 0.1) is 24.2 Å². The number of likely N-dealkylation sites (tertiary alicyclic amines) is 1. The van der Waals surface area contributed by atoms with E-state index in [-0.39, 0.29) is 49.2 Å². The summed E-state index contributed by atoms with van der Waals surface area (Å²) in [6.07, 6.45) is 4.30. The number of sulfonamides is 1. The van der Waals surface area contributed by atoms with Crippen molar-refractivity contribution in [3.8, 4) is 5.88 Å². The molecule has 0 radical (unpaired) electrons. The Kier molecular flexibility index (Phi) is 8.48. The molecule has 1 aromatic heterocycles. The largest absolute Gasteiger partial charge is 0.472 e. The summed E-state index contributed by atoms with van der Waals surface area (Å²) >= 11 is 0. The number of hydrogen-bond donors (Lipinski definition) is 1. The van der Waals surface area contributed by atoms with Gasteiger partial charge in [-0.15, -0.1) is 6.58 Å². The van der Waals surface area contributed by atoms with Crippen molar-refractivity contribution in [3.63, 3.8) is 0 Å². The Morgan fingerprint density at radius 2 is 1.98 bits per heavy atom. The molecule has 230 valence electrons. The fourth-order valence-electron chi connectivity index (χ4n) is 6.12. The van der Waals surface area contributed by atoms with Crippen LogP contribution in [0.2, 0.25) is 0 Å². The predicted molar refractivity (Wildman–Crippen MR) is 161 cm³/mol. The lowest BCUT2D eigenvalue weighted by molar-refractivity contribution is -0.142. The minimum Gasteiger partial charge on any atom is -0.472 e. The predicted octanol–water partition coefficient (Wildman–Crippen LogP) is 3.66. The molecule has 5 rings (SSSR count). The van der Waals surface area contributed by atoms with Gasteiger partial charge in [0.25, 0.3) is 0 Å². The summed E-state index contributed by atoms with van der Waals surface area (Å²) in [5, 5.41) is 1.18. The maximum Gasteiger partial charge on any atom is 0.240 e. The van der Waals surface area contributed by atoms with E-state index in [0.717, 1.165) is 16.3 Å². The van der Waals surface area contributed by atoms with Crippen LogP contribution in [0.15, 0.2) is 43.1 Å². The Morgan fingerprint density at radius 3 is 2.63 bits per heavy atom. The first-order valence-electron chi connectivity index (χ1n) is 14.9. The summed E-state index contributed by atoms with van der Waals surface area (Å²) in [4.78, 5) is 58.9. The van der Waals surface area contributed by atoms with E-state index in [9.17, 15) is 27.6 Å². The molecule has 0 unspecified atom stereocenters. The van der Waals surface area contributed by atoms with Gasteiger partial charge in [0.05, 0.1) is 23.3 Å². The Labute approximate surface area is 252 Å². The summed E-state index contributed by atoms with van der Waals surface area (Å²) in [6, 6.07) is 6.89. The molecule has 1 aromatic carbocycles. The van der Waals surface area contributed by atoms with Crippen LogP contribution < -0.4 is 9.46 Å². The Bertz CT molecular complexity index is 1580. The zero-order valence-electron chi connectivity index (χ0n) is 24.9. The molecule has 0 spiro atoms. The Morgan fingerprint density at radius 1 is 1.23 bits per heavy atom. The second-order valence-electron chi connectivity index (χ2n) is 12.3. The number of aromatic nitrogens is 1. The fraction of sp³-hybridized carbons (Fsp3) is 0.531. The number of nitrogens with one attached hydrogen (secondary N) is 1. The number of ketones is 2. The zero-order chi connectivity index (χ0) is 31.1. The van der Waals surface area contributed by atoms with E-state index in [2.05, 4.69) is 16.3 Å². The number of hydrogen-bond acceptors (Lipinski definition) is 8. The third kappa shape index (κ3) is 6.37. The lowest BCUT2D eigenvalue weighted by atomic mass is 9.91. The van der Waals surface area contributed by atoms with Crippen molar-refractivity contribution in [2.75, 3.05) is 6.54 Å². The summed E-state index contributed by atoms with van der Waals surface area (Å²) in [5.41, 5.74) is -0.141. The standard InChI is InChI=1S/C32H39N3O7S/c1-5-22-16-32(22,31(39)34-43(40,41)25-8-9-25)17-28(37)27-15-24(18-35(27)30(38)20(4)14-23(36)6-2)42-29-26-10-7-19(3)13-21(26)11-12-33-29/h5,7,10-13,20,22,24-25,27H,1,6,8-9,14-18H2,2-4H3,(H,34,39)/t20-,22+,24+,27-,32+/m0/s1. The van der Waals surface area contributed by atoms with E-state index in [1.807, 2.05) is 31.2 Å². The molecule has 1 N–H and O–H groups in total. The molecule has 11 heteroatoms. The van der Waals surface area contributed by atoms with Crippen molar-refractivity contribution in [3.05, 3.63) is 48.7 Å². The summed E-state index contributed by atoms with van der Waals surface area (Å²) in [5.74, 6) is -2.02. The van der Waals surface area contributed by atoms with E-state index in [0.29, 0.717) is 31.6 Å². The van der Waals surface area contributed by atoms with Gasteiger partial charge in [0.1, 0.15) is 11.9 Å². The van der Waals surface area contributed by atoms with E-state index < -0.39 is 44.7 Å².